The summed E-state index contributed by atoms with van der Waals surface area (Å²) < 4.78 is 39.9. The van der Waals surface area contributed by atoms with Crippen LogP contribution in [0.25, 0.3) is 11.1 Å². The van der Waals surface area contributed by atoms with Gasteiger partial charge in [0.2, 0.25) is 15.8 Å². The third kappa shape index (κ3) is 3.17. The molecule has 0 fully saturated rings. The van der Waals surface area contributed by atoms with Crippen LogP contribution >= 0.6 is 0 Å². The fraction of sp³-hybridized carbons (Fsp3) is 0.200. The van der Waals surface area contributed by atoms with Crippen molar-refractivity contribution in [2.45, 2.75) is 4.90 Å². The molecular formula is C15H18N2O5S. The van der Waals surface area contributed by atoms with Crippen molar-refractivity contribution in [3.63, 3.8) is 0 Å². The van der Waals surface area contributed by atoms with E-state index < -0.39 is 10.0 Å². The van der Waals surface area contributed by atoms with Gasteiger partial charge in [-0.05, 0) is 17.7 Å². The Morgan fingerprint density at radius 1 is 0.913 bits per heavy atom. The Kier molecular flexibility index (Phi) is 4.67. The molecule has 0 radical (unpaired) electrons. The number of hydrogen-bond acceptors (Lipinski definition) is 6. The van der Waals surface area contributed by atoms with Crippen molar-refractivity contribution in [1.29, 1.82) is 0 Å². The van der Waals surface area contributed by atoms with E-state index in [4.69, 9.17) is 25.1 Å². The number of primary sulfonamides is 1. The van der Waals surface area contributed by atoms with Gasteiger partial charge in [0.1, 0.15) is 0 Å². The Hall–Kier alpha value is -2.45. The second-order valence-electron chi connectivity index (χ2n) is 4.69. The lowest BCUT2D eigenvalue weighted by molar-refractivity contribution is 0.324. The summed E-state index contributed by atoms with van der Waals surface area (Å²) in [7, 11) is 0.209. The average Bonchev–Trinajstić information content (AvgIpc) is 2.52. The van der Waals surface area contributed by atoms with Crippen LogP contribution in [-0.2, 0) is 10.0 Å². The van der Waals surface area contributed by atoms with E-state index in [-0.39, 0.29) is 27.7 Å². The first-order valence-corrected chi connectivity index (χ1v) is 8.09. The smallest absolute Gasteiger partial charge is 0.238 e. The van der Waals surface area contributed by atoms with E-state index in [0.29, 0.717) is 11.3 Å². The molecule has 8 heteroatoms. The molecule has 0 spiro atoms. The molecule has 0 aromatic heterocycles. The topological polar surface area (TPSA) is 114 Å². The summed E-state index contributed by atoms with van der Waals surface area (Å²) in [4.78, 5) is -0.128. The number of ether oxygens (including phenoxy) is 3. The van der Waals surface area contributed by atoms with Gasteiger partial charge in [0.15, 0.2) is 11.5 Å². The molecule has 2 aromatic carbocycles. The van der Waals surface area contributed by atoms with Gasteiger partial charge in [-0.15, -0.1) is 0 Å². The van der Waals surface area contributed by atoms with E-state index in [1.807, 2.05) is 0 Å². The molecule has 0 atom stereocenters. The minimum Gasteiger partial charge on any atom is -0.493 e. The van der Waals surface area contributed by atoms with Crippen molar-refractivity contribution in [3.05, 3.63) is 30.3 Å². The maximum absolute atomic E-state index is 12.0. The Morgan fingerprint density at radius 3 is 1.91 bits per heavy atom. The van der Waals surface area contributed by atoms with Crippen LogP contribution in [0.15, 0.2) is 35.2 Å². The minimum atomic E-state index is -4.03. The number of methoxy groups -OCH3 is 3. The Morgan fingerprint density at radius 2 is 1.48 bits per heavy atom. The molecule has 7 nitrogen and oxygen atoms in total. The minimum absolute atomic E-state index is 0.128. The second-order valence-corrected chi connectivity index (χ2v) is 6.22. The number of sulfonamides is 1. The fourth-order valence-electron chi connectivity index (χ4n) is 2.28. The molecule has 0 aliphatic rings. The normalized spacial score (nSPS) is 11.1. The predicted molar refractivity (Wildman–Crippen MR) is 87.3 cm³/mol. The molecule has 0 saturated heterocycles. The van der Waals surface area contributed by atoms with Crippen LogP contribution in [0.4, 0.5) is 5.69 Å². The van der Waals surface area contributed by atoms with E-state index in [2.05, 4.69) is 0 Å². The van der Waals surface area contributed by atoms with Crippen LogP contribution < -0.4 is 25.1 Å². The highest BCUT2D eigenvalue weighted by atomic mass is 32.2. The van der Waals surface area contributed by atoms with Crippen molar-refractivity contribution < 1.29 is 22.6 Å². The predicted octanol–water partition coefficient (Wildman–Crippen LogP) is 1.61. The molecule has 0 saturated carbocycles. The molecule has 0 amide bonds. The summed E-state index contributed by atoms with van der Waals surface area (Å²) in [6.07, 6.45) is 0. The Balaban J connectivity index is 2.93. The highest BCUT2D eigenvalue weighted by Crippen LogP contribution is 2.47. The summed E-state index contributed by atoms with van der Waals surface area (Å²) in [5.74, 6) is 0.683. The molecule has 0 aliphatic heterocycles. The van der Waals surface area contributed by atoms with Crippen molar-refractivity contribution in [1.82, 2.24) is 0 Å². The zero-order valence-electron chi connectivity index (χ0n) is 13.0. The molecule has 23 heavy (non-hydrogen) atoms. The standard InChI is InChI=1S/C15H18N2O5S/c1-20-11-8-12(23(17,18)19)13(15(22-3)14(11)21-2)9-4-6-10(16)7-5-9/h4-8H,16H2,1-3H3,(H2,17,18,19). The number of nitrogen functional groups attached to an aromatic ring is 1. The van der Waals surface area contributed by atoms with Crippen LogP contribution in [0.5, 0.6) is 17.2 Å². The van der Waals surface area contributed by atoms with E-state index in [9.17, 15) is 8.42 Å². The second kappa shape index (κ2) is 6.35. The Bertz CT molecular complexity index is 817. The van der Waals surface area contributed by atoms with Gasteiger partial charge in [-0.1, -0.05) is 12.1 Å². The van der Waals surface area contributed by atoms with E-state index in [0.717, 1.165) is 0 Å². The van der Waals surface area contributed by atoms with Gasteiger partial charge < -0.3 is 19.9 Å². The molecule has 0 aliphatic carbocycles. The summed E-state index contributed by atoms with van der Waals surface area (Å²) >= 11 is 0. The molecule has 0 bridgehead atoms. The van der Waals surface area contributed by atoms with Crippen LogP contribution in [0, 0.1) is 0 Å². The van der Waals surface area contributed by atoms with Crippen LogP contribution in [0.1, 0.15) is 0 Å². The Labute approximate surface area is 134 Å². The summed E-state index contributed by atoms with van der Waals surface area (Å²) in [6.45, 7) is 0. The molecule has 2 aromatic rings. The van der Waals surface area contributed by atoms with Crippen molar-refractivity contribution in [3.8, 4) is 28.4 Å². The van der Waals surface area contributed by atoms with Gasteiger partial charge in [0.05, 0.1) is 26.2 Å². The maximum atomic E-state index is 12.0. The van der Waals surface area contributed by atoms with Crippen molar-refractivity contribution in [2.75, 3.05) is 27.1 Å². The SMILES string of the molecule is COc1cc(S(N)(=O)=O)c(-c2ccc(N)cc2)c(OC)c1OC. The quantitative estimate of drug-likeness (QED) is 0.801. The first-order chi connectivity index (χ1) is 10.8. The first-order valence-electron chi connectivity index (χ1n) is 6.55. The molecule has 4 N–H and O–H groups in total. The van der Waals surface area contributed by atoms with E-state index in [1.165, 1.54) is 27.4 Å². The lowest BCUT2D eigenvalue weighted by Crippen LogP contribution is -2.14. The highest BCUT2D eigenvalue weighted by Gasteiger charge is 2.26. The van der Waals surface area contributed by atoms with Gasteiger partial charge in [-0.3, -0.25) is 0 Å². The number of rotatable bonds is 5. The lowest BCUT2D eigenvalue weighted by atomic mass is 10.0. The third-order valence-electron chi connectivity index (χ3n) is 3.30. The highest BCUT2D eigenvalue weighted by molar-refractivity contribution is 7.89. The van der Waals surface area contributed by atoms with Gasteiger partial charge in [0, 0.05) is 17.3 Å². The van der Waals surface area contributed by atoms with Gasteiger partial charge in [-0.25, -0.2) is 13.6 Å². The van der Waals surface area contributed by atoms with Crippen LogP contribution in [-0.4, -0.2) is 29.7 Å². The molecule has 0 heterocycles. The zero-order chi connectivity index (χ0) is 17.2. The number of anilines is 1. The summed E-state index contributed by atoms with van der Waals surface area (Å²) in [5.41, 5.74) is 7.08. The third-order valence-corrected chi connectivity index (χ3v) is 4.23. The molecular weight excluding hydrogens is 320 g/mol. The lowest BCUT2D eigenvalue weighted by Gasteiger charge is -2.19. The molecule has 2 rings (SSSR count). The van der Waals surface area contributed by atoms with E-state index >= 15 is 0 Å². The van der Waals surface area contributed by atoms with Crippen LogP contribution in [0.3, 0.4) is 0 Å². The maximum Gasteiger partial charge on any atom is 0.238 e. The number of benzene rings is 2. The monoisotopic (exact) mass is 338 g/mol. The largest absolute Gasteiger partial charge is 0.493 e. The first kappa shape index (κ1) is 16.9. The van der Waals surface area contributed by atoms with Gasteiger partial charge in [0.25, 0.3) is 0 Å². The molecule has 0 unspecified atom stereocenters. The van der Waals surface area contributed by atoms with Crippen molar-refractivity contribution in [2.24, 2.45) is 5.14 Å². The average molecular weight is 338 g/mol. The van der Waals surface area contributed by atoms with Gasteiger partial charge >= 0.3 is 0 Å². The fourth-order valence-corrected chi connectivity index (χ4v) is 3.05. The summed E-state index contributed by atoms with van der Waals surface area (Å²) in [5, 5.41) is 5.36. The summed E-state index contributed by atoms with van der Waals surface area (Å²) in [6, 6.07) is 7.96. The van der Waals surface area contributed by atoms with Gasteiger partial charge in [-0.2, -0.15) is 0 Å². The molecule has 124 valence electrons. The van der Waals surface area contributed by atoms with Crippen molar-refractivity contribution >= 4 is 15.7 Å². The zero-order valence-corrected chi connectivity index (χ0v) is 13.8. The number of nitrogens with two attached hydrogens (primary N) is 2. The number of hydrogen-bond donors (Lipinski definition) is 2. The van der Waals surface area contributed by atoms with E-state index in [1.54, 1.807) is 24.3 Å². The van der Waals surface area contributed by atoms with Crippen LogP contribution in [0.2, 0.25) is 0 Å².